The molecule has 23 heavy (non-hydrogen) atoms. The summed E-state index contributed by atoms with van der Waals surface area (Å²) in [6, 6.07) is 4.41. The Labute approximate surface area is 130 Å². The maximum atomic E-state index is 12.8. The van der Waals surface area contributed by atoms with Crippen molar-refractivity contribution in [3.05, 3.63) is 54.1 Å². The Morgan fingerprint density at radius 1 is 1.30 bits per heavy atom. The van der Waals surface area contributed by atoms with Gasteiger partial charge in [0.1, 0.15) is 18.1 Å². The van der Waals surface area contributed by atoms with Crippen molar-refractivity contribution in [2.24, 2.45) is 0 Å². The van der Waals surface area contributed by atoms with Gasteiger partial charge in [-0.2, -0.15) is 13.2 Å². The van der Waals surface area contributed by atoms with Crippen molar-refractivity contribution in [3.8, 4) is 5.75 Å². The third-order valence-corrected chi connectivity index (χ3v) is 2.85. The molecule has 1 atom stereocenters. The topological polar surface area (TPSA) is 64.1 Å². The first-order chi connectivity index (χ1) is 10.9. The summed E-state index contributed by atoms with van der Waals surface area (Å²) in [7, 11) is 0. The molecule has 0 unspecified atom stereocenters. The fourth-order valence-electron chi connectivity index (χ4n) is 1.80. The summed E-state index contributed by atoms with van der Waals surface area (Å²) in [6.07, 6.45) is -0.405. The summed E-state index contributed by atoms with van der Waals surface area (Å²) in [5.41, 5.74) is -0.734. The number of ether oxygens (including phenoxy) is 1. The quantitative estimate of drug-likeness (QED) is 0.918. The van der Waals surface area contributed by atoms with Crippen LogP contribution in [0, 0.1) is 0 Å². The molecule has 1 amide bonds. The molecule has 2 aromatic rings. The van der Waals surface area contributed by atoms with E-state index in [-0.39, 0.29) is 18.1 Å². The van der Waals surface area contributed by atoms with Crippen LogP contribution in [0.5, 0.6) is 5.75 Å². The number of benzene rings is 1. The lowest BCUT2D eigenvalue weighted by atomic mass is 10.2. The van der Waals surface area contributed by atoms with Crippen molar-refractivity contribution in [1.82, 2.24) is 15.3 Å². The van der Waals surface area contributed by atoms with Gasteiger partial charge in [-0.15, -0.1) is 0 Å². The number of halogens is 3. The number of nitrogens with one attached hydrogen (secondary N) is 1. The number of hydrogen-bond donors (Lipinski definition) is 1. The summed E-state index contributed by atoms with van der Waals surface area (Å²) in [5, 5.41) is 2.58. The van der Waals surface area contributed by atoms with E-state index in [0.29, 0.717) is 0 Å². The molecule has 0 aliphatic carbocycles. The van der Waals surface area contributed by atoms with Gasteiger partial charge in [0.05, 0.1) is 17.8 Å². The van der Waals surface area contributed by atoms with E-state index in [0.717, 1.165) is 6.07 Å². The van der Waals surface area contributed by atoms with Crippen LogP contribution in [0.4, 0.5) is 13.2 Å². The average Bonchev–Trinajstić information content (AvgIpc) is 2.53. The second kappa shape index (κ2) is 7.08. The Morgan fingerprint density at radius 2 is 2.04 bits per heavy atom. The molecular formula is C15H14F3N3O2. The minimum absolute atomic E-state index is 0.112. The Morgan fingerprint density at radius 3 is 2.70 bits per heavy atom. The van der Waals surface area contributed by atoms with Crippen LogP contribution in [0.25, 0.3) is 0 Å². The summed E-state index contributed by atoms with van der Waals surface area (Å²) < 4.78 is 43.7. The molecule has 0 radical (unpaired) electrons. The Balaban J connectivity index is 1.95. The maximum absolute atomic E-state index is 12.8. The Bertz CT molecular complexity index is 663. The second-order valence-electron chi connectivity index (χ2n) is 4.77. The zero-order valence-corrected chi connectivity index (χ0v) is 12.2. The molecule has 0 spiro atoms. The molecule has 0 aliphatic rings. The molecule has 8 heteroatoms. The number of alkyl halides is 3. The minimum Gasteiger partial charge on any atom is -0.491 e. The first kappa shape index (κ1) is 16.7. The molecule has 1 aromatic carbocycles. The number of nitrogens with zero attached hydrogens (tertiary/aromatic N) is 2. The molecule has 0 saturated carbocycles. The summed E-state index contributed by atoms with van der Waals surface area (Å²) in [5.74, 6) is -0.751. The summed E-state index contributed by atoms with van der Waals surface area (Å²) in [4.78, 5) is 19.4. The van der Waals surface area contributed by atoms with E-state index in [1.165, 1.54) is 36.8 Å². The van der Waals surface area contributed by atoms with Gasteiger partial charge in [-0.05, 0) is 19.1 Å². The van der Waals surface area contributed by atoms with Crippen molar-refractivity contribution in [3.63, 3.8) is 0 Å². The van der Waals surface area contributed by atoms with Crippen LogP contribution in [-0.4, -0.2) is 28.5 Å². The van der Waals surface area contributed by atoms with Crippen molar-refractivity contribution in [1.29, 1.82) is 0 Å². The van der Waals surface area contributed by atoms with Gasteiger partial charge in [-0.3, -0.25) is 9.78 Å². The number of amides is 1. The highest BCUT2D eigenvalue weighted by molar-refractivity contribution is 5.92. The zero-order chi connectivity index (χ0) is 16.9. The normalized spacial score (nSPS) is 12.5. The van der Waals surface area contributed by atoms with Crippen LogP contribution in [-0.2, 0) is 6.18 Å². The number of rotatable bonds is 5. The van der Waals surface area contributed by atoms with Gasteiger partial charge in [0.15, 0.2) is 0 Å². The van der Waals surface area contributed by atoms with Gasteiger partial charge < -0.3 is 10.1 Å². The molecule has 1 N–H and O–H groups in total. The van der Waals surface area contributed by atoms with Crippen LogP contribution in [0.3, 0.4) is 0 Å². The lowest BCUT2D eigenvalue weighted by Gasteiger charge is -2.17. The second-order valence-corrected chi connectivity index (χ2v) is 4.77. The largest absolute Gasteiger partial charge is 0.491 e. The highest BCUT2D eigenvalue weighted by Gasteiger charge is 2.34. The highest BCUT2D eigenvalue weighted by Crippen LogP contribution is 2.35. The standard InChI is InChI=1S/C15H14F3N3O2/c1-10(21-14(22)12-8-19-6-7-20-12)9-23-13-5-3-2-4-11(13)15(16,17)18/h2-8,10H,9H2,1H3,(H,21,22)/t10-/m0/s1. The van der Waals surface area contributed by atoms with E-state index in [1.54, 1.807) is 6.92 Å². The van der Waals surface area contributed by atoms with E-state index in [1.807, 2.05) is 0 Å². The molecular weight excluding hydrogens is 311 g/mol. The first-order valence-corrected chi connectivity index (χ1v) is 6.74. The number of hydrogen-bond acceptors (Lipinski definition) is 4. The van der Waals surface area contributed by atoms with E-state index in [9.17, 15) is 18.0 Å². The van der Waals surface area contributed by atoms with Crippen LogP contribution in [0.1, 0.15) is 23.0 Å². The lowest BCUT2D eigenvalue weighted by molar-refractivity contribution is -0.139. The molecule has 0 fully saturated rings. The third-order valence-electron chi connectivity index (χ3n) is 2.85. The number of para-hydroxylation sites is 1. The van der Waals surface area contributed by atoms with E-state index >= 15 is 0 Å². The number of aromatic nitrogens is 2. The predicted octanol–water partition coefficient (Wildman–Crippen LogP) is 2.69. The fraction of sp³-hybridized carbons (Fsp3) is 0.267. The Kier molecular flexibility index (Phi) is 5.15. The van der Waals surface area contributed by atoms with Gasteiger partial charge in [-0.25, -0.2) is 4.98 Å². The van der Waals surface area contributed by atoms with Gasteiger partial charge in [0, 0.05) is 12.4 Å². The first-order valence-electron chi connectivity index (χ1n) is 6.74. The van der Waals surface area contributed by atoms with Crippen molar-refractivity contribution < 1.29 is 22.7 Å². The van der Waals surface area contributed by atoms with Crippen LogP contribution in [0.2, 0.25) is 0 Å². The van der Waals surface area contributed by atoms with Crippen molar-refractivity contribution in [2.75, 3.05) is 6.61 Å². The van der Waals surface area contributed by atoms with E-state index < -0.39 is 23.7 Å². The summed E-state index contributed by atoms with van der Waals surface area (Å²) >= 11 is 0. The molecule has 5 nitrogen and oxygen atoms in total. The monoisotopic (exact) mass is 325 g/mol. The van der Waals surface area contributed by atoms with Crippen LogP contribution < -0.4 is 10.1 Å². The van der Waals surface area contributed by atoms with Gasteiger partial charge >= 0.3 is 6.18 Å². The third kappa shape index (κ3) is 4.67. The molecule has 0 bridgehead atoms. The number of carbonyl (C=O) groups excluding carboxylic acids is 1. The average molecular weight is 325 g/mol. The molecule has 2 rings (SSSR count). The SMILES string of the molecule is C[C@@H](COc1ccccc1C(F)(F)F)NC(=O)c1cnccn1. The molecule has 122 valence electrons. The van der Waals surface area contributed by atoms with Crippen molar-refractivity contribution >= 4 is 5.91 Å². The van der Waals surface area contributed by atoms with Crippen molar-refractivity contribution in [2.45, 2.75) is 19.1 Å². The summed E-state index contributed by atoms with van der Waals surface area (Å²) in [6.45, 7) is 1.50. The molecule has 1 aromatic heterocycles. The van der Waals surface area contributed by atoms with E-state index in [4.69, 9.17) is 4.74 Å². The molecule has 0 aliphatic heterocycles. The van der Waals surface area contributed by atoms with Gasteiger partial charge in [0.25, 0.3) is 5.91 Å². The zero-order valence-electron chi connectivity index (χ0n) is 12.2. The van der Waals surface area contributed by atoms with Crippen LogP contribution >= 0.6 is 0 Å². The fourth-order valence-corrected chi connectivity index (χ4v) is 1.80. The Hall–Kier alpha value is -2.64. The predicted molar refractivity (Wildman–Crippen MR) is 75.9 cm³/mol. The van der Waals surface area contributed by atoms with Gasteiger partial charge in [0.2, 0.25) is 0 Å². The minimum atomic E-state index is -4.50. The van der Waals surface area contributed by atoms with Gasteiger partial charge in [-0.1, -0.05) is 12.1 Å². The van der Waals surface area contributed by atoms with E-state index in [2.05, 4.69) is 15.3 Å². The number of carbonyl (C=O) groups is 1. The lowest BCUT2D eigenvalue weighted by Crippen LogP contribution is -2.37. The molecule has 1 heterocycles. The van der Waals surface area contributed by atoms with Crippen LogP contribution in [0.15, 0.2) is 42.9 Å². The highest BCUT2D eigenvalue weighted by atomic mass is 19.4. The maximum Gasteiger partial charge on any atom is 0.419 e. The smallest absolute Gasteiger partial charge is 0.419 e. The molecule has 0 saturated heterocycles.